The second kappa shape index (κ2) is 8.84. The van der Waals surface area contributed by atoms with Gasteiger partial charge >= 0.3 is 6.09 Å². The molecule has 0 aliphatic carbocycles. The molecule has 34 heavy (non-hydrogen) atoms. The van der Waals surface area contributed by atoms with Crippen LogP contribution in [0.5, 0.6) is 5.75 Å². The lowest BCUT2D eigenvalue weighted by atomic mass is 10.0. The van der Waals surface area contributed by atoms with E-state index in [2.05, 4.69) is 10.3 Å². The van der Waals surface area contributed by atoms with Gasteiger partial charge in [-0.3, -0.25) is 10.1 Å². The number of hydrogen-bond donors (Lipinski definition) is 2. The number of pyridine rings is 1. The number of ketones is 1. The van der Waals surface area contributed by atoms with Crippen LogP contribution in [-0.4, -0.2) is 39.7 Å². The minimum Gasteiger partial charge on any atom is -0.452 e. The Morgan fingerprint density at radius 1 is 1.18 bits per heavy atom. The number of benzene rings is 2. The Hall–Kier alpha value is -4.43. The zero-order chi connectivity index (χ0) is 23.7. The van der Waals surface area contributed by atoms with Crippen LogP contribution in [0.1, 0.15) is 15.9 Å². The van der Waals surface area contributed by atoms with Gasteiger partial charge in [-0.15, -0.1) is 0 Å². The summed E-state index contributed by atoms with van der Waals surface area (Å²) in [6.07, 6.45) is 4.70. The molecular weight excluding hydrogens is 434 g/mol. The molecule has 3 heterocycles. The zero-order valence-electron chi connectivity index (χ0n) is 18.3. The molecule has 170 valence electrons. The number of rotatable bonds is 5. The highest BCUT2D eigenvalue weighted by Crippen LogP contribution is 2.36. The summed E-state index contributed by atoms with van der Waals surface area (Å²) in [4.78, 5) is 29.4. The van der Waals surface area contributed by atoms with Gasteiger partial charge in [0, 0.05) is 36.1 Å². The fourth-order valence-corrected chi connectivity index (χ4v) is 4.01. The van der Waals surface area contributed by atoms with E-state index in [1.165, 1.54) is 0 Å². The number of nitrogens with zero attached hydrogens (tertiary/aromatic N) is 2. The first-order valence-corrected chi connectivity index (χ1v) is 10.7. The first kappa shape index (κ1) is 21.4. The zero-order valence-corrected chi connectivity index (χ0v) is 18.3. The largest absolute Gasteiger partial charge is 0.452 e. The Kier molecular flexibility index (Phi) is 5.57. The van der Waals surface area contributed by atoms with Crippen LogP contribution >= 0.6 is 0 Å². The summed E-state index contributed by atoms with van der Waals surface area (Å²) < 4.78 is 12.6. The highest BCUT2D eigenvalue weighted by molar-refractivity contribution is 6.16. The van der Waals surface area contributed by atoms with E-state index in [1.807, 2.05) is 54.2 Å². The SMILES string of the molecule is Cn1cc(C=C2Oc3ccc(NC(=O)OCCO)cc3C2=O)c2c(-c3ccccc3)ccnc21. The van der Waals surface area contributed by atoms with Crippen LogP contribution in [-0.2, 0) is 11.8 Å². The van der Waals surface area contributed by atoms with Crippen LogP contribution in [0.25, 0.3) is 28.2 Å². The third-order valence-corrected chi connectivity index (χ3v) is 5.50. The minimum absolute atomic E-state index is 0.115. The van der Waals surface area contributed by atoms with E-state index >= 15 is 0 Å². The predicted molar refractivity (Wildman–Crippen MR) is 128 cm³/mol. The van der Waals surface area contributed by atoms with Crippen molar-refractivity contribution in [3.05, 3.63) is 83.9 Å². The molecular formula is C26H21N3O5. The lowest BCUT2D eigenvalue weighted by molar-refractivity contribution is 0.101. The molecule has 0 radical (unpaired) electrons. The molecule has 8 nitrogen and oxygen atoms in total. The number of amides is 1. The number of ether oxygens (including phenoxy) is 2. The Labute approximate surface area is 195 Å². The van der Waals surface area contributed by atoms with Crippen molar-refractivity contribution in [1.82, 2.24) is 9.55 Å². The van der Waals surface area contributed by atoms with Gasteiger partial charge in [0.2, 0.25) is 5.78 Å². The number of aryl methyl sites for hydroxylation is 1. The van der Waals surface area contributed by atoms with Crippen molar-refractivity contribution in [2.24, 2.45) is 7.05 Å². The summed E-state index contributed by atoms with van der Waals surface area (Å²) in [5.41, 5.74) is 4.39. The molecule has 1 amide bonds. The van der Waals surface area contributed by atoms with Crippen LogP contribution in [0, 0.1) is 0 Å². The van der Waals surface area contributed by atoms with Crippen molar-refractivity contribution in [2.75, 3.05) is 18.5 Å². The van der Waals surface area contributed by atoms with Gasteiger partial charge in [0.15, 0.2) is 5.76 Å². The number of Topliss-reactive ketones (excluding diaryl/α,β-unsaturated/α-hetero) is 1. The van der Waals surface area contributed by atoms with Crippen molar-refractivity contribution in [3.8, 4) is 16.9 Å². The molecule has 4 aromatic rings. The molecule has 0 atom stereocenters. The van der Waals surface area contributed by atoms with Gasteiger partial charge in [-0.05, 0) is 41.5 Å². The topological polar surface area (TPSA) is 103 Å². The normalized spacial score (nSPS) is 13.7. The minimum atomic E-state index is -0.715. The summed E-state index contributed by atoms with van der Waals surface area (Å²) in [5, 5.41) is 12.2. The lowest BCUT2D eigenvalue weighted by Crippen LogP contribution is -2.15. The molecule has 0 saturated heterocycles. The quantitative estimate of drug-likeness (QED) is 0.433. The number of carbonyl (C=O) groups is 2. The molecule has 2 aromatic carbocycles. The summed E-state index contributed by atoms with van der Waals surface area (Å²) in [6.45, 7) is -0.385. The Morgan fingerprint density at radius 3 is 2.79 bits per heavy atom. The monoisotopic (exact) mass is 455 g/mol. The second-order valence-corrected chi connectivity index (χ2v) is 7.75. The number of anilines is 1. The summed E-state index contributed by atoms with van der Waals surface area (Å²) >= 11 is 0. The molecule has 0 saturated carbocycles. The first-order chi connectivity index (χ1) is 16.5. The van der Waals surface area contributed by atoms with Crippen LogP contribution in [0.15, 0.2) is 72.8 Å². The maximum absolute atomic E-state index is 13.1. The summed E-state index contributed by atoms with van der Waals surface area (Å²) in [7, 11) is 1.91. The fraction of sp³-hybridized carbons (Fsp3) is 0.115. The number of aliphatic hydroxyl groups excluding tert-OH is 1. The molecule has 2 N–H and O–H groups in total. The van der Waals surface area contributed by atoms with Gasteiger partial charge in [0.25, 0.3) is 0 Å². The average molecular weight is 455 g/mol. The van der Waals surface area contributed by atoms with E-state index in [4.69, 9.17) is 14.6 Å². The second-order valence-electron chi connectivity index (χ2n) is 7.75. The number of allylic oxidation sites excluding steroid dienone is 1. The maximum atomic E-state index is 13.1. The average Bonchev–Trinajstić information content (AvgIpc) is 3.34. The Morgan fingerprint density at radius 2 is 2.00 bits per heavy atom. The van der Waals surface area contributed by atoms with Gasteiger partial charge in [0.1, 0.15) is 18.0 Å². The first-order valence-electron chi connectivity index (χ1n) is 10.7. The molecule has 0 bridgehead atoms. The highest BCUT2D eigenvalue weighted by atomic mass is 16.6. The molecule has 0 spiro atoms. The molecule has 8 heteroatoms. The van der Waals surface area contributed by atoms with E-state index in [-0.39, 0.29) is 24.8 Å². The van der Waals surface area contributed by atoms with Gasteiger partial charge in [-0.2, -0.15) is 0 Å². The third-order valence-electron chi connectivity index (χ3n) is 5.50. The number of aromatic nitrogens is 2. The summed E-state index contributed by atoms with van der Waals surface area (Å²) in [6, 6.07) is 16.7. The number of hydrogen-bond acceptors (Lipinski definition) is 6. The van der Waals surface area contributed by atoms with Crippen molar-refractivity contribution in [3.63, 3.8) is 0 Å². The number of fused-ring (bicyclic) bond motifs is 2. The highest BCUT2D eigenvalue weighted by Gasteiger charge is 2.28. The van der Waals surface area contributed by atoms with Crippen LogP contribution in [0.4, 0.5) is 10.5 Å². The van der Waals surface area contributed by atoms with Gasteiger partial charge in [-0.1, -0.05) is 30.3 Å². The van der Waals surface area contributed by atoms with E-state index in [0.29, 0.717) is 17.0 Å². The number of carbonyl (C=O) groups excluding carboxylic acids is 2. The maximum Gasteiger partial charge on any atom is 0.411 e. The van der Waals surface area contributed by atoms with E-state index in [0.717, 1.165) is 27.7 Å². The van der Waals surface area contributed by atoms with Gasteiger partial charge in [-0.25, -0.2) is 9.78 Å². The number of nitrogens with one attached hydrogen (secondary N) is 1. The molecule has 0 unspecified atom stereocenters. The molecule has 0 fully saturated rings. The molecule has 1 aliphatic heterocycles. The van der Waals surface area contributed by atoms with Crippen molar-refractivity contribution >= 4 is 34.7 Å². The smallest absolute Gasteiger partial charge is 0.411 e. The van der Waals surface area contributed by atoms with E-state index in [1.54, 1.807) is 30.5 Å². The molecule has 5 rings (SSSR count). The molecule has 2 aromatic heterocycles. The van der Waals surface area contributed by atoms with Crippen LogP contribution < -0.4 is 10.1 Å². The standard InChI is InChI=1S/C26H21N3O5/c1-29-15-17(23-19(9-10-27-25(23)29)16-5-3-2-4-6-16)13-22-24(31)20-14-18(7-8-21(20)34-22)28-26(32)33-12-11-30/h2-10,13-15,30H,11-12H2,1H3,(H,28,32). The predicted octanol–water partition coefficient (Wildman–Crippen LogP) is 4.40. The van der Waals surface area contributed by atoms with E-state index in [9.17, 15) is 9.59 Å². The van der Waals surface area contributed by atoms with Crippen LogP contribution in [0.2, 0.25) is 0 Å². The Bertz CT molecular complexity index is 1440. The molecule has 1 aliphatic rings. The van der Waals surface area contributed by atoms with E-state index < -0.39 is 6.09 Å². The van der Waals surface area contributed by atoms with Gasteiger partial charge < -0.3 is 19.1 Å². The van der Waals surface area contributed by atoms with Crippen molar-refractivity contribution in [1.29, 1.82) is 0 Å². The van der Waals surface area contributed by atoms with Crippen molar-refractivity contribution < 1.29 is 24.2 Å². The number of aliphatic hydroxyl groups is 1. The van der Waals surface area contributed by atoms with Crippen LogP contribution in [0.3, 0.4) is 0 Å². The Balaban J connectivity index is 1.50. The fourth-order valence-electron chi connectivity index (χ4n) is 4.01. The van der Waals surface area contributed by atoms with Crippen molar-refractivity contribution in [2.45, 2.75) is 0 Å². The lowest BCUT2D eigenvalue weighted by Gasteiger charge is -2.06. The van der Waals surface area contributed by atoms with Gasteiger partial charge in [0.05, 0.1) is 12.2 Å². The third kappa shape index (κ3) is 3.91. The summed E-state index contributed by atoms with van der Waals surface area (Å²) in [5.74, 6) is 0.307.